The number of hydrogen-bond acceptors (Lipinski definition) is 3. The molecular formula is C24H15Cl2F3N2O3. The van der Waals surface area contributed by atoms with Gasteiger partial charge in [-0.05, 0) is 54.1 Å². The molecule has 1 aromatic heterocycles. The zero-order valence-corrected chi connectivity index (χ0v) is 18.7. The van der Waals surface area contributed by atoms with Gasteiger partial charge in [-0.1, -0.05) is 41.4 Å². The number of nitrogens with zero attached hydrogens (tertiary/aromatic N) is 1. The first-order valence-corrected chi connectivity index (χ1v) is 10.6. The van der Waals surface area contributed by atoms with Crippen molar-refractivity contribution < 1.29 is 22.7 Å². The lowest BCUT2D eigenvalue weighted by Gasteiger charge is -2.13. The lowest BCUT2D eigenvalue weighted by molar-refractivity contribution is -0.274. The standard InChI is InChI=1S/C24H15Cl2F3N2O3/c25-15-6-9-20(26)19(12-15)22(32)30-21-3-1-2-18-17(21)10-11-31(23(18)33)13-14-4-7-16(8-5-14)34-24(27,28)29/h1-12H,13H2,(H,30,32). The third-order valence-corrected chi connectivity index (χ3v) is 5.51. The number of amides is 1. The highest BCUT2D eigenvalue weighted by Gasteiger charge is 2.30. The molecule has 0 atom stereocenters. The molecule has 0 aliphatic carbocycles. The maximum atomic E-state index is 13.0. The van der Waals surface area contributed by atoms with Gasteiger partial charge in [0, 0.05) is 27.7 Å². The number of halogens is 5. The molecule has 174 valence electrons. The summed E-state index contributed by atoms with van der Waals surface area (Å²) >= 11 is 12.1. The van der Waals surface area contributed by atoms with E-state index in [4.69, 9.17) is 23.2 Å². The number of rotatable bonds is 5. The lowest BCUT2D eigenvalue weighted by Crippen LogP contribution is -2.21. The fraction of sp³-hybridized carbons (Fsp3) is 0.0833. The van der Waals surface area contributed by atoms with Gasteiger partial charge >= 0.3 is 6.36 Å². The van der Waals surface area contributed by atoms with Crippen LogP contribution in [0.5, 0.6) is 5.75 Å². The van der Waals surface area contributed by atoms with Crippen molar-refractivity contribution in [1.29, 1.82) is 0 Å². The van der Waals surface area contributed by atoms with Crippen molar-refractivity contribution in [2.45, 2.75) is 12.9 Å². The van der Waals surface area contributed by atoms with Crippen molar-refractivity contribution in [3.05, 3.63) is 104 Å². The van der Waals surface area contributed by atoms with Gasteiger partial charge in [-0.25, -0.2) is 0 Å². The predicted molar refractivity (Wildman–Crippen MR) is 125 cm³/mol. The van der Waals surface area contributed by atoms with Gasteiger partial charge in [-0.2, -0.15) is 0 Å². The number of anilines is 1. The summed E-state index contributed by atoms with van der Waals surface area (Å²) in [5, 5.41) is 4.22. The molecule has 0 bridgehead atoms. The van der Waals surface area contributed by atoms with E-state index in [0.29, 0.717) is 27.0 Å². The van der Waals surface area contributed by atoms with Gasteiger partial charge in [0.25, 0.3) is 11.5 Å². The number of hydrogen-bond donors (Lipinski definition) is 1. The molecule has 0 saturated carbocycles. The number of fused-ring (bicyclic) bond motifs is 1. The first-order valence-electron chi connectivity index (χ1n) is 9.84. The molecule has 4 rings (SSSR count). The number of ether oxygens (including phenoxy) is 1. The molecule has 1 amide bonds. The summed E-state index contributed by atoms with van der Waals surface area (Å²) in [6.45, 7) is 0.135. The topological polar surface area (TPSA) is 60.3 Å². The van der Waals surface area contributed by atoms with E-state index in [-0.39, 0.29) is 28.4 Å². The minimum absolute atomic E-state index is 0.135. The van der Waals surface area contributed by atoms with Crippen molar-refractivity contribution in [2.24, 2.45) is 0 Å². The minimum atomic E-state index is -4.78. The number of alkyl halides is 3. The normalized spacial score (nSPS) is 11.4. The lowest BCUT2D eigenvalue weighted by atomic mass is 10.1. The Kier molecular flexibility index (Phi) is 6.54. The smallest absolute Gasteiger partial charge is 0.406 e. The number of carbonyl (C=O) groups excluding carboxylic acids is 1. The van der Waals surface area contributed by atoms with E-state index >= 15 is 0 Å². The minimum Gasteiger partial charge on any atom is -0.406 e. The Morgan fingerprint density at radius 3 is 2.41 bits per heavy atom. The number of nitrogens with one attached hydrogen (secondary N) is 1. The Hall–Kier alpha value is -3.49. The zero-order valence-electron chi connectivity index (χ0n) is 17.2. The van der Waals surface area contributed by atoms with Crippen LogP contribution in [-0.4, -0.2) is 16.8 Å². The van der Waals surface area contributed by atoms with Crippen LogP contribution in [0, 0.1) is 0 Å². The largest absolute Gasteiger partial charge is 0.573 e. The van der Waals surface area contributed by atoms with Crippen LogP contribution in [0.4, 0.5) is 18.9 Å². The molecule has 0 unspecified atom stereocenters. The highest BCUT2D eigenvalue weighted by Crippen LogP contribution is 2.26. The Morgan fingerprint density at radius 1 is 0.971 bits per heavy atom. The quantitative estimate of drug-likeness (QED) is 0.335. The molecule has 0 saturated heterocycles. The summed E-state index contributed by atoms with van der Waals surface area (Å²) in [5.74, 6) is -0.826. The zero-order chi connectivity index (χ0) is 24.5. The Bertz CT molecular complexity index is 1430. The van der Waals surface area contributed by atoms with E-state index < -0.39 is 12.3 Å². The van der Waals surface area contributed by atoms with Crippen LogP contribution in [0.1, 0.15) is 15.9 Å². The van der Waals surface area contributed by atoms with Gasteiger partial charge in [0.2, 0.25) is 0 Å². The summed E-state index contributed by atoms with van der Waals surface area (Å²) in [7, 11) is 0. The molecule has 4 aromatic rings. The van der Waals surface area contributed by atoms with Gasteiger partial charge in [0.05, 0.1) is 17.1 Å². The van der Waals surface area contributed by atoms with Crippen LogP contribution in [0.2, 0.25) is 10.0 Å². The second-order valence-electron chi connectivity index (χ2n) is 7.29. The number of benzene rings is 3. The molecule has 0 spiro atoms. The van der Waals surface area contributed by atoms with Gasteiger partial charge in [-0.3, -0.25) is 9.59 Å². The Morgan fingerprint density at radius 2 is 1.71 bits per heavy atom. The number of aromatic nitrogens is 1. The first kappa shape index (κ1) is 23.7. The van der Waals surface area contributed by atoms with Crippen molar-refractivity contribution in [2.75, 3.05) is 5.32 Å². The molecule has 34 heavy (non-hydrogen) atoms. The summed E-state index contributed by atoms with van der Waals surface area (Å²) in [5.41, 5.74) is 0.884. The molecule has 5 nitrogen and oxygen atoms in total. The van der Waals surface area contributed by atoms with Crippen LogP contribution in [-0.2, 0) is 6.54 Å². The average molecular weight is 507 g/mol. The molecule has 1 heterocycles. The fourth-order valence-electron chi connectivity index (χ4n) is 3.41. The molecule has 10 heteroatoms. The van der Waals surface area contributed by atoms with Crippen LogP contribution in [0.25, 0.3) is 10.8 Å². The second-order valence-corrected chi connectivity index (χ2v) is 8.13. The Labute approximate surface area is 201 Å². The summed E-state index contributed by atoms with van der Waals surface area (Å²) in [6.07, 6.45) is -3.23. The molecule has 0 fully saturated rings. The average Bonchev–Trinajstić information content (AvgIpc) is 2.78. The van der Waals surface area contributed by atoms with E-state index in [0.717, 1.165) is 0 Å². The van der Waals surface area contributed by atoms with Crippen molar-refractivity contribution in [3.63, 3.8) is 0 Å². The SMILES string of the molecule is O=C(Nc1cccc2c(=O)n(Cc3ccc(OC(F)(F)F)cc3)ccc12)c1cc(Cl)ccc1Cl. The fourth-order valence-corrected chi connectivity index (χ4v) is 3.78. The molecule has 3 aromatic carbocycles. The third-order valence-electron chi connectivity index (χ3n) is 4.95. The number of pyridine rings is 1. The number of carbonyl (C=O) groups is 1. The van der Waals surface area contributed by atoms with Crippen molar-refractivity contribution in [1.82, 2.24) is 4.57 Å². The molecule has 1 N–H and O–H groups in total. The third kappa shape index (κ3) is 5.35. The summed E-state index contributed by atoms with van der Waals surface area (Å²) in [6, 6.07) is 16.4. The highest BCUT2D eigenvalue weighted by molar-refractivity contribution is 6.36. The van der Waals surface area contributed by atoms with Crippen LogP contribution >= 0.6 is 23.2 Å². The molecule has 0 radical (unpaired) electrons. The highest BCUT2D eigenvalue weighted by atomic mass is 35.5. The predicted octanol–water partition coefficient (Wildman–Crippen LogP) is 6.51. The van der Waals surface area contributed by atoms with Gasteiger partial charge in [-0.15, -0.1) is 13.2 Å². The summed E-state index contributed by atoms with van der Waals surface area (Å²) in [4.78, 5) is 25.8. The van der Waals surface area contributed by atoms with E-state index in [1.165, 1.54) is 41.0 Å². The molecule has 0 aliphatic heterocycles. The monoisotopic (exact) mass is 506 g/mol. The molecular weight excluding hydrogens is 492 g/mol. The van der Waals surface area contributed by atoms with Crippen molar-refractivity contribution in [3.8, 4) is 5.75 Å². The second kappa shape index (κ2) is 9.40. The van der Waals surface area contributed by atoms with E-state index in [1.54, 1.807) is 36.5 Å². The van der Waals surface area contributed by atoms with Crippen LogP contribution < -0.4 is 15.6 Å². The van der Waals surface area contributed by atoms with E-state index in [2.05, 4.69) is 10.1 Å². The van der Waals surface area contributed by atoms with Gasteiger partial charge in [0.1, 0.15) is 5.75 Å². The summed E-state index contributed by atoms with van der Waals surface area (Å²) < 4.78 is 42.3. The Balaban J connectivity index is 1.59. The molecule has 0 aliphatic rings. The van der Waals surface area contributed by atoms with Crippen LogP contribution in [0.15, 0.2) is 77.7 Å². The maximum Gasteiger partial charge on any atom is 0.573 e. The van der Waals surface area contributed by atoms with Crippen LogP contribution in [0.3, 0.4) is 0 Å². The maximum absolute atomic E-state index is 13.0. The van der Waals surface area contributed by atoms with E-state index in [9.17, 15) is 22.8 Å². The van der Waals surface area contributed by atoms with Crippen molar-refractivity contribution >= 4 is 45.6 Å². The van der Waals surface area contributed by atoms with E-state index in [1.807, 2.05) is 0 Å². The van der Waals surface area contributed by atoms with Gasteiger partial charge < -0.3 is 14.6 Å². The van der Waals surface area contributed by atoms with Gasteiger partial charge in [0.15, 0.2) is 0 Å². The first-order chi connectivity index (χ1) is 16.1.